The Kier molecular flexibility index (Phi) is 11.8. The van der Waals surface area contributed by atoms with Gasteiger partial charge in [0.2, 0.25) is 0 Å². The molecule has 12 heteroatoms. The molecule has 3 rings (SSSR count). The van der Waals surface area contributed by atoms with Gasteiger partial charge >= 0.3 is 24.4 Å². The van der Waals surface area contributed by atoms with E-state index >= 15 is 0 Å². The zero-order chi connectivity index (χ0) is 31.5. The van der Waals surface area contributed by atoms with Gasteiger partial charge in [-0.2, -0.15) is 30.7 Å². The fourth-order valence-corrected chi connectivity index (χ4v) is 3.83. The number of carbonyl (C=O) groups is 1. The molecular weight excluding hydrogens is 585 g/mol. The maximum Gasteiger partial charge on any atom is 0.483 e. The lowest BCUT2D eigenvalue weighted by Crippen LogP contribution is -2.46. The van der Waals surface area contributed by atoms with E-state index in [0.717, 1.165) is 12.8 Å². The summed E-state index contributed by atoms with van der Waals surface area (Å²) in [6, 6.07) is 18.4. The SMILES string of the molecule is CCCCCCCCOc1ccc(C(=O)Oc2ccc(-c3ccc(OCC(F)(F)OC(F)(F)C(F)(F)F)cc3)cc2)cc1. The second-order valence-electron chi connectivity index (χ2n) is 9.62. The van der Waals surface area contributed by atoms with Crippen LogP contribution in [0.5, 0.6) is 17.2 Å². The van der Waals surface area contributed by atoms with Crippen molar-refractivity contribution in [2.75, 3.05) is 13.2 Å². The van der Waals surface area contributed by atoms with Crippen LogP contribution in [0.3, 0.4) is 0 Å². The van der Waals surface area contributed by atoms with E-state index in [2.05, 4.69) is 16.4 Å². The second-order valence-corrected chi connectivity index (χ2v) is 9.62. The maximum atomic E-state index is 13.5. The number of carbonyl (C=O) groups excluding carboxylic acids is 1. The van der Waals surface area contributed by atoms with Gasteiger partial charge in [0.25, 0.3) is 0 Å². The van der Waals surface area contributed by atoms with E-state index in [1.54, 1.807) is 48.5 Å². The van der Waals surface area contributed by atoms with Crippen molar-refractivity contribution < 1.29 is 54.5 Å². The smallest absolute Gasteiger partial charge is 0.483 e. The Morgan fingerprint density at radius 1 is 0.628 bits per heavy atom. The quantitative estimate of drug-likeness (QED) is 0.0695. The molecule has 0 saturated carbocycles. The Hall–Kier alpha value is -3.80. The highest BCUT2D eigenvalue weighted by Crippen LogP contribution is 2.40. The minimum absolute atomic E-state index is 0.216. The van der Waals surface area contributed by atoms with Crippen LogP contribution in [0.4, 0.5) is 30.7 Å². The number of benzene rings is 3. The first-order valence-electron chi connectivity index (χ1n) is 13.6. The summed E-state index contributed by atoms with van der Waals surface area (Å²) in [5.74, 6) is 0.156. The molecule has 43 heavy (non-hydrogen) atoms. The highest BCUT2D eigenvalue weighted by molar-refractivity contribution is 5.91. The fourth-order valence-electron chi connectivity index (χ4n) is 3.83. The van der Waals surface area contributed by atoms with Crippen LogP contribution in [0.25, 0.3) is 11.1 Å². The van der Waals surface area contributed by atoms with Crippen LogP contribution in [-0.2, 0) is 4.74 Å². The van der Waals surface area contributed by atoms with Crippen molar-refractivity contribution >= 4 is 5.97 Å². The Morgan fingerprint density at radius 2 is 1.12 bits per heavy atom. The van der Waals surface area contributed by atoms with Crippen molar-refractivity contribution in [3.63, 3.8) is 0 Å². The number of halogens is 7. The van der Waals surface area contributed by atoms with Crippen molar-refractivity contribution in [2.45, 2.75) is 63.8 Å². The lowest BCUT2D eigenvalue weighted by molar-refractivity contribution is -0.458. The third-order valence-corrected chi connectivity index (χ3v) is 6.12. The largest absolute Gasteiger partial charge is 0.494 e. The summed E-state index contributed by atoms with van der Waals surface area (Å²) >= 11 is 0. The summed E-state index contributed by atoms with van der Waals surface area (Å²) in [5, 5.41) is 0. The van der Waals surface area contributed by atoms with E-state index < -0.39 is 31.0 Å². The van der Waals surface area contributed by atoms with Gasteiger partial charge in [0.15, 0.2) is 6.61 Å². The topological polar surface area (TPSA) is 54.0 Å². The zero-order valence-electron chi connectivity index (χ0n) is 23.3. The van der Waals surface area contributed by atoms with Gasteiger partial charge in [-0.05, 0) is 66.1 Å². The molecule has 0 radical (unpaired) electrons. The molecule has 0 atom stereocenters. The fraction of sp³-hybridized carbons (Fsp3) is 0.387. The van der Waals surface area contributed by atoms with E-state index in [1.807, 2.05) is 0 Å². The molecule has 0 bridgehead atoms. The minimum atomic E-state index is -6.31. The predicted octanol–water partition coefficient (Wildman–Crippen LogP) is 9.46. The van der Waals surface area contributed by atoms with Gasteiger partial charge in [0.1, 0.15) is 17.2 Å². The van der Waals surface area contributed by atoms with Crippen LogP contribution in [0.2, 0.25) is 0 Å². The number of esters is 1. The summed E-state index contributed by atoms with van der Waals surface area (Å²) < 4.78 is 107. The summed E-state index contributed by atoms with van der Waals surface area (Å²) in [4.78, 5) is 12.5. The number of rotatable bonds is 16. The molecule has 0 heterocycles. The maximum absolute atomic E-state index is 13.5. The van der Waals surface area contributed by atoms with Crippen molar-refractivity contribution in [2.24, 2.45) is 0 Å². The Labute approximate surface area is 244 Å². The van der Waals surface area contributed by atoms with Gasteiger partial charge in [-0.1, -0.05) is 63.3 Å². The summed E-state index contributed by atoms with van der Waals surface area (Å²) in [5.41, 5.74) is 1.58. The first kappa shape index (κ1) is 33.7. The molecule has 5 nitrogen and oxygen atoms in total. The van der Waals surface area contributed by atoms with Crippen LogP contribution < -0.4 is 14.2 Å². The van der Waals surface area contributed by atoms with E-state index in [-0.39, 0.29) is 11.5 Å². The van der Waals surface area contributed by atoms with Crippen LogP contribution in [0.15, 0.2) is 72.8 Å². The molecular formula is C31H31F7O5. The number of ether oxygens (including phenoxy) is 4. The number of hydrogen-bond acceptors (Lipinski definition) is 5. The standard InChI is InChI=1S/C31H31F7O5/c1-2-3-4-5-6-7-20-40-25-16-12-24(13-17-25)28(39)42-27-18-10-23(11-19-27)22-8-14-26(15-9-22)41-21-29(32,33)43-31(37,38)30(34,35)36/h8-19H,2-7,20-21H2,1H3. The van der Waals surface area contributed by atoms with Crippen molar-refractivity contribution in [3.05, 3.63) is 78.4 Å². The van der Waals surface area contributed by atoms with Gasteiger partial charge in [-0.15, -0.1) is 0 Å². The number of hydrogen-bond donors (Lipinski definition) is 0. The Bertz CT molecular complexity index is 1280. The average Bonchev–Trinajstić information content (AvgIpc) is 2.95. The average molecular weight is 617 g/mol. The van der Waals surface area contributed by atoms with E-state index in [9.17, 15) is 35.5 Å². The second kappa shape index (κ2) is 15.1. The minimum Gasteiger partial charge on any atom is -0.494 e. The molecule has 0 spiro atoms. The van der Waals surface area contributed by atoms with Gasteiger partial charge in [0.05, 0.1) is 12.2 Å². The van der Waals surface area contributed by atoms with Gasteiger partial charge in [0, 0.05) is 0 Å². The van der Waals surface area contributed by atoms with E-state index in [4.69, 9.17) is 9.47 Å². The summed E-state index contributed by atoms with van der Waals surface area (Å²) in [6.07, 6.45) is -10.3. The first-order chi connectivity index (χ1) is 20.3. The molecule has 0 aromatic heterocycles. The molecule has 234 valence electrons. The van der Waals surface area contributed by atoms with E-state index in [0.29, 0.717) is 29.0 Å². The molecule has 0 aliphatic rings. The van der Waals surface area contributed by atoms with Crippen molar-refractivity contribution in [1.29, 1.82) is 0 Å². The van der Waals surface area contributed by atoms with Gasteiger partial charge in [-0.3, -0.25) is 0 Å². The Balaban J connectivity index is 1.47. The van der Waals surface area contributed by atoms with Gasteiger partial charge in [-0.25, -0.2) is 9.53 Å². The lowest BCUT2D eigenvalue weighted by atomic mass is 10.1. The molecule has 0 amide bonds. The lowest BCUT2D eigenvalue weighted by Gasteiger charge is -2.25. The van der Waals surface area contributed by atoms with Crippen molar-refractivity contribution in [1.82, 2.24) is 0 Å². The van der Waals surface area contributed by atoms with Crippen LogP contribution in [0, 0.1) is 0 Å². The molecule has 0 aliphatic heterocycles. The summed E-state index contributed by atoms with van der Waals surface area (Å²) in [7, 11) is 0. The van der Waals surface area contributed by atoms with E-state index in [1.165, 1.54) is 49.9 Å². The first-order valence-corrected chi connectivity index (χ1v) is 13.6. The molecule has 0 fully saturated rings. The highest BCUT2D eigenvalue weighted by Gasteiger charge is 2.64. The molecule has 3 aromatic rings. The molecule has 0 N–H and O–H groups in total. The predicted molar refractivity (Wildman–Crippen MR) is 145 cm³/mol. The van der Waals surface area contributed by atoms with Crippen molar-refractivity contribution in [3.8, 4) is 28.4 Å². The number of unbranched alkanes of at least 4 members (excludes halogenated alkanes) is 5. The molecule has 3 aromatic carbocycles. The third kappa shape index (κ3) is 10.8. The number of alkyl halides is 7. The Morgan fingerprint density at radius 3 is 1.67 bits per heavy atom. The monoisotopic (exact) mass is 616 g/mol. The van der Waals surface area contributed by atoms with Crippen LogP contribution in [0.1, 0.15) is 55.8 Å². The highest BCUT2D eigenvalue weighted by atomic mass is 19.4. The van der Waals surface area contributed by atoms with Crippen LogP contribution in [-0.4, -0.2) is 37.6 Å². The molecule has 0 aliphatic carbocycles. The normalized spacial score (nSPS) is 12.2. The molecule has 0 unspecified atom stereocenters. The zero-order valence-corrected chi connectivity index (χ0v) is 23.3. The molecule has 0 saturated heterocycles. The van der Waals surface area contributed by atoms with Gasteiger partial charge < -0.3 is 14.2 Å². The van der Waals surface area contributed by atoms with Crippen LogP contribution >= 0.6 is 0 Å². The summed E-state index contributed by atoms with van der Waals surface area (Å²) in [6.45, 7) is 0.914. The third-order valence-electron chi connectivity index (χ3n) is 6.12.